The molecule has 5 heteroatoms. The maximum Gasteiger partial charge on any atom is 0.230 e. The number of hydrogen-bond donors (Lipinski definition) is 1. The quantitative estimate of drug-likeness (QED) is 0.749. The summed E-state index contributed by atoms with van der Waals surface area (Å²) >= 11 is 0. The summed E-state index contributed by atoms with van der Waals surface area (Å²) in [7, 11) is 0. The second-order valence-electron chi connectivity index (χ2n) is 10.2. The standard InChI is InChI=1S/C25H33N3O2/c1-25(2,21-4-3-5-22(15-21)30-9-8-28-7-6-26-16-28)24(29)27-23-19-11-17-10-18(13-19)14-20(23)12-17/h3-7,15-20,23H,8-14H2,1-2H3,(H,27,29). The minimum atomic E-state index is -0.585. The molecule has 4 fully saturated rings. The lowest BCUT2D eigenvalue weighted by molar-refractivity contribution is -0.129. The fourth-order valence-electron chi connectivity index (χ4n) is 6.29. The monoisotopic (exact) mass is 407 g/mol. The Labute approximate surface area is 179 Å². The second-order valence-corrected chi connectivity index (χ2v) is 10.2. The summed E-state index contributed by atoms with van der Waals surface area (Å²) in [6.45, 7) is 5.38. The number of nitrogens with zero attached hydrogens (tertiary/aromatic N) is 2. The van der Waals surface area contributed by atoms with Gasteiger partial charge in [0.05, 0.1) is 18.3 Å². The lowest BCUT2D eigenvalue weighted by atomic mass is 9.54. The number of hydrogen-bond acceptors (Lipinski definition) is 3. The van der Waals surface area contributed by atoms with Crippen LogP contribution in [0.15, 0.2) is 43.0 Å². The molecule has 0 aliphatic heterocycles. The molecule has 2 aromatic rings. The minimum absolute atomic E-state index is 0.149. The number of carbonyl (C=O) groups is 1. The smallest absolute Gasteiger partial charge is 0.230 e. The molecule has 4 bridgehead atoms. The van der Waals surface area contributed by atoms with Crippen molar-refractivity contribution in [2.75, 3.05) is 6.61 Å². The van der Waals surface area contributed by atoms with E-state index < -0.39 is 5.41 Å². The Kier molecular flexibility index (Phi) is 5.08. The molecule has 4 saturated carbocycles. The van der Waals surface area contributed by atoms with Crippen LogP contribution >= 0.6 is 0 Å². The Morgan fingerprint density at radius 2 is 1.90 bits per heavy atom. The Balaban J connectivity index is 1.23. The molecule has 0 unspecified atom stereocenters. The number of rotatable bonds is 7. The van der Waals surface area contributed by atoms with Crippen LogP contribution in [0, 0.1) is 23.7 Å². The van der Waals surface area contributed by atoms with Gasteiger partial charge in [-0.25, -0.2) is 4.98 Å². The first kappa shape index (κ1) is 19.7. The first-order chi connectivity index (χ1) is 14.5. The fourth-order valence-corrected chi connectivity index (χ4v) is 6.29. The van der Waals surface area contributed by atoms with Crippen LogP contribution in [0.25, 0.3) is 0 Å². The summed E-state index contributed by atoms with van der Waals surface area (Å²) in [6, 6.07) is 8.38. The van der Waals surface area contributed by atoms with Crippen molar-refractivity contribution in [1.82, 2.24) is 14.9 Å². The van der Waals surface area contributed by atoms with Gasteiger partial charge in [-0.15, -0.1) is 0 Å². The zero-order valence-corrected chi connectivity index (χ0v) is 18.1. The molecule has 4 aliphatic carbocycles. The highest BCUT2D eigenvalue weighted by molar-refractivity contribution is 5.87. The van der Waals surface area contributed by atoms with E-state index in [9.17, 15) is 4.79 Å². The summed E-state index contributed by atoms with van der Waals surface area (Å²) in [5, 5.41) is 3.49. The molecular formula is C25H33N3O2. The van der Waals surface area contributed by atoms with Crippen molar-refractivity contribution in [2.45, 2.75) is 64.0 Å². The maximum atomic E-state index is 13.4. The highest BCUT2D eigenvalue weighted by Crippen LogP contribution is 2.53. The van der Waals surface area contributed by atoms with Gasteiger partial charge in [-0.3, -0.25) is 4.79 Å². The van der Waals surface area contributed by atoms with E-state index in [1.165, 1.54) is 32.1 Å². The van der Waals surface area contributed by atoms with Crippen molar-refractivity contribution in [3.05, 3.63) is 48.5 Å². The second kappa shape index (κ2) is 7.75. The third-order valence-corrected chi connectivity index (χ3v) is 7.83. The van der Waals surface area contributed by atoms with E-state index in [0.717, 1.165) is 29.7 Å². The molecule has 160 valence electrons. The molecule has 1 aromatic heterocycles. The van der Waals surface area contributed by atoms with Crippen LogP contribution in [0.5, 0.6) is 5.75 Å². The molecule has 0 spiro atoms. The number of benzene rings is 1. The van der Waals surface area contributed by atoms with Crippen molar-refractivity contribution in [2.24, 2.45) is 23.7 Å². The maximum absolute atomic E-state index is 13.4. The summed E-state index contributed by atoms with van der Waals surface area (Å²) in [4.78, 5) is 17.4. The van der Waals surface area contributed by atoms with Crippen molar-refractivity contribution in [3.63, 3.8) is 0 Å². The molecule has 0 atom stereocenters. The molecule has 1 N–H and O–H groups in total. The molecule has 0 radical (unpaired) electrons. The molecule has 6 rings (SSSR count). The number of imidazole rings is 1. The van der Waals surface area contributed by atoms with Crippen molar-refractivity contribution in [1.29, 1.82) is 0 Å². The van der Waals surface area contributed by atoms with Gasteiger partial charge < -0.3 is 14.6 Å². The van der Waals surface area contributed by atoms with Crippen LogP contribution in [0.3, 0.4) is 0 Å². The van der Waals surface area contributed by atoms with Crippen molar-refractivity contribution < 1.29 is 9.53 Å². The Morgan fingerprint density at radius 3 is 2.57 bits per heavy atom. The van der Waals surface area contributed by atoms with Crippen LogP contribution in [0.4, 0.5) is 0 Å². The number of carbonyl (C=O) groups excluding carboxylic acids is 1. The average Bonchev–Trinajstić information content (AvgIpc) is 3.24. The largest absolute Gasteiger partial charge is 0.492 e. The highest BCUT2D eigenvalue weighted by atomic mass is 16.5. The number of ether oxygens (including phenoxy) is 1. The normalized spacial score (nSPS) is 29.7. The first-order valence-electron chi connectivity index (χ1n) is 11.5. The van der Waals surface area contributed by atoms with E-state index in [-0.39, 0.29) is 5.91 Å². The predicted molar refractivity (Wildman–Crippen MR) is 116 cm³/mol. The van der Waals surface area contributed by atoms with E-state index >= 15 is 0 Å². The average molecular weight is 408 g/mol. The third kappa shape index (κ3) is 3.75. The number of aromatic nitrogens is 2. The number of amides is 1. The van der Waals surface area contributed by atoms with E-state index in [1.54, 1.807) is 12.5 Å². The van der Waals surface area contributed by atoms with Gasteiger partial charge in [0.1, 0.15) is 12.4 Å². The van der Waals surface area contributed by atoms with E-state index in [2.05, 4.69) is 10.3 Å². The summed E-state index contributed by atoms with van der Waals surface area (Å²) in [5.41, 5.74) is 0.419. The zero-order valence-electron chi connectivity index (χ0n) is 18.1. The summed E-state index contributed by atoms with van der Waals surface area (Å²) in [5.74, 6) is 4.19. The summed E-state index contributed by atoms with van der Waals surface area (Å²) < 4.78 is 7.93. The van der Waals surface area contributed by atoms with Crippen LogP contribution in [-0.2, 0) is 16.8 Å². The van der Waals surface area contributed by atoms with Gasteiger partial charge in [-0.05, 0) is 87.3 Å². The number of nitrogens with one attached hydrogen (secondary N) is 1. The Bertz CT molecular complexity index is 862. The molecule has 0 saturated heterocycles. The molecular weight excluding hydrogens is 374 g/mol. The molecule has 1 amide bonds. The summed E-state index contributed by atoms with van der Waals surface area (Å²) in [6.07, 6.45) is 12.2. The van der Waals surface area contributed by atoms with Gasteiger partial charge in [-0.1, -0.05) is 12.1 Å². The Morgan fingerprint density at radius 1 is 1.17 bits per heavy atom. The van der Waals surface area contributed by atoms with E-state index in [1.807, 2.05) is 48.9 Å². The lowest BCUT2D eigenvalue weighted by Gasteiger charge is -2.54. The van der Waals surface area contributed by atoms with Crippen LogP contribution in [0.2, 0.25) is 0 Å². The molecule has 5 nitrogen and oxygen atoms in total. The predicted octanol–water partition coefficient (Wildman–Crippen LogP) is 4.18. The molecule has 4 aliphatic rings. The van der Waals surface area contributed by atoms with Crippen molar-refractivity contribution in [3.8, 4) is 5.75 Å². The van der Waals surface area contributed by atoms with E-state index in [4.69, 9.17) is 4.74 Å². The van der Waals surface area contributed by atoms with Crippen LogP contribution < -0.4 is 10.1 Å². The van der Waals surface area contributed by atoms with Crippen LogP contribution in [-0.4, -0.2) is 28.1 Å². The van der Waals surface area contributed by atoms with Gasteiger partial charge in [-0.2, -0.15) is 0 Å². The first-order valence-corrected chi connectivity index (χ1v) is 11.5. The van der Waals surface area contributed by atoms with Gasteiger partial charge in [0.2, 0.25) is 5.91 Å². The van der Waals surface area contributed by atoms with Gasteiger partial charge in [0, 0.05) is 18.4 Å². The molecule has 1 heterocycles. The van der Waals surface area contributed by atoms with E-state index in [0.29, 0.717) is 24.5 Å². The third-order valence-electron chi connectivity index (χ3n) is 7.83. The van der Waals surface area contributed by atoms with Gasteiger partial charge in [0.25, 0.3) is 0 Å². The Hall–Kier alpha value is -2.30. The molecule has 30 heavy (non-hydrogen) atoms. The lowest BCUT2D eigenvalue weighted by Crippen LogP contribution is -2.58. The topological polar surface area (TPSA) is 56.1 Å². The van der Waals surface area contributed by atoms with Crippen LogP contribution in [0.1, 0.15) is 51.5 Å². The zero-order chi connectivity index (χ0) is 20.7. The van der Waals surface area contributed by atoms with Gasteiger partial charge >= 0.3 is 0 Å². The SMILES string of the molecule is CC(C)(C(=O)NC1C2CC3CC(C2)CC1C3)c1cccc(OCCn2ccnc2)c1. The van der Waals surface area contributed by atoms with Gasteiger partial charge in [0.15, 0.2) is 0 Å². The fraction of sp³-hybridized carbons (Fsp3) is 0.600. The molecule has 1 aromatic carbocycles. The van der Waals surface area contributed by atoms with Crippen molar-refractivity contribution >= 4 is 5.91 Å². The highest BCUT2D eigenvalue weighted by Gasteiger charge is 2.49. The minimum Gasteiger partial charge on any atom is -0.492 e.